The number of pyridine rings is 1. The van der Waals surface area contributed by atoms with Gasteiger partial charge in [-0.1, -0.05) is 37.0 Å². The Bertz CT molecular complexity index is 1080. The van der Waals surface area contributed by atoms with Gasteiger partial charge in [-0.3, -0.25) is 18.9 Å². The molecule has 2 aromatic rings. The van der Waals surface area contributed by atoms with Gasteiger partial charge in [0.2, 0.25) is 0 Å². The van der Waals surface area contributed by atoms with Crippen LogP contribution in [0.2, 0.25) is 0 Å². The van der Waals surface area contributed by atoms with E-state index in [0.29, 0.717) is 32.8 Å². The lowest BCUT2D eigenvalue weighted by Gasteiger charge is -2.21. The van der Waals surface area contributed by atoms with Crippen LogP contribution in [0.1, 0.15) is 38.7 Å². The Hall–Kier alpha value is -2.23. The SMILES string of the molecule is CC[C@H](C)N1C(=O)/C(=C/c2c(NC[C@@H]3CCCO3)nc3ccccn3c2=O)SC1=S. The van der Waals surface area contributed by atoms with Crippen molar-refractivity contribution in [2.75, 3.05) is 18.5 Å². The zero-order valence-electron chi connectivity index (χ0n) is 17.0. The molecule has 2 atom stereocenters. The molecule has 30 heavy (non-hydrogen) atoms. The molecule has 0 radical (unpaired) electrons. The highest BCUT2D eigenvalue weighted by Gasteiger charge is 2.35. The monoisotopic (exact) mass is 444 g/mol. The first-order chi connectivity index (χ1) is 14.5. The molecule has 7 nitrogen and oxygen atoms in total. The number of aromatic nitrogens is 2. The van der Waals surface area contributed by atoms with Gasteiger partial charge >= 0.3 is 0 Å². The lowest BCUT2D eigenvalue weighted by molar-refractivity contribution is -0.123. The highest BCUT2D eigenvalue weighted by atomic mass is 32.2. The van der Waals surface area contributed by atoms with Gasteiger partial charge in [0.1, 0.15) is 15.8 Å². The van der Waals surface area contributed by atoms with E-state index in [-0.39, 0.29) is 23.6 Å². The average Bonchev–Trinajstić information content (AvgIpc) is 3.36. The molecule has 4 rings (SSSR count). The van der Waals surface area contributed by atoms with Crippen LogP contribution in [-0.4, -0.2) is 49.8 Å². The number of fused-ring (bicyclic) bond motifs is 1. The molecule has 0 unspecified atom stereocenters. The smallest absolute Gasteiger partial charge is 0.267 e. The Labute approximate surface area is 184 Å². The van der Waals surface area contributed by atoms with Crippen molar-refractivity contribution in [1.82, 2.24) is 14.3 Å². The van der Waals surface area contributed by atoms with Crippen LogP contribution in [0.25, 0.3) is 11.7 Å². The number of rotatable bonds is 6. The van der Waals surface area contributed by atoms with Gasteiger partial charge in [-0.15, -0.1) is 0 Å². The average molecular weight is 445 g/mol. The minimum Gasteiger partial charge on any atom is -0.376 e. The number of hydrogen-bond acceptors (Lipinski definition) is 7. The molecule has 2 saturated heterocycles. The van der Waals surface area contributed by atoms with E-state index in [4.69, 9.17) is 17.0 Å². The van der Waals surface area contributed by atoms with Gasteiger partial charge in [0.05, 0.1) is 16.6 Å². The lowest BCUT2D eigenvalue weighted by Crippen LogP contribution is -2.36. The summed E-state index contributed by atoms with van der Waals surface area (Å²) in [5, 5.41) is 3.27. The third-order valence-corrected chi connectivity index (χ3v) is 6.75. The van der Waals surface area contributed by atoms with Crippen molar-refractivity contribution in [3.05, 3.63) is 45.2 Å². The summed E-state index contributed by atoms with van der Waals surface area (Å²) in [5.41, 5.74) is 0.659. The van der Waals surface area contributed by atoms with Crippen molar-refractivity contribution in [1.29, 1.82) is 0 Å². The van der Waals surface area contributed by atoms with Crippen LogP contribution in [0.3, 0.4) is 0 Å². The molecule has 1 amide bonds. The van der Waals surface area contributed by atoms with E-state index in [1.807, 2.05) is 19.9 Å². The lowest BCUT2D eigenvalue weighted by atomic mass is 10.2. The Balaban J connectivity index is 1.74. The number of thiocarbonyl (C=S) groups is 1. The summed E-state index contributed by atoms with van der Waals surface area (Å²) in [6, 6.07) is 5.41. The first-order valence-corrected chi connectivity index (χ1v) is 11.4. The summed E-state index contributed by atoms with van der Waals surface area (Å²) in [6.45, 7) is 5.30. The summed E-state index contributed by atoms with van der Waals surface area (Å²) >= 11 is 6.64. The van der Waals surface area contributed by atoms with Crippen LogP contribution in [0.4, 0.5) is 5.82 Å². The molecule has 4 heterocycles. The van der Waals surface area contributed by atoms with Crippen molar-refractivity contribution in [3.8, 4) is 0 Å². The van der Waals surface area contributed by atoms with Gasteiger partial charge in [0.15, 0.2) is 0 Å². The number of thioether (sulfide) groups is 1. The van der Waals surface area contributed by atoms with Crippen LogP contribution < -0.4 is 10.9 Å². The number of nitrogens with one attached hydrogen (secondary N) is 1. The maximum Gasteiger partial charge on any atom is 0.267 e. The van der Waals surface area contributed by atoms with Crippen molar-refractivity contribution >= 4 is 51.7 Å². The van der Waals surface area contributed by atoms with E-state index in [9.17, 15) is 9.59 Å². The molecule has 2 fully saturated rings. The van der Waals surface area contributed by atoms with Gasteiger partial charge in [-0.05, 0) is 44.4 Å². The topological polar surface area (TPSA) is 75.9 Å². The van der Waals surface area contributed by atoms with E-state index < -0.39 is 0 Å². The molecule has 0 aliphatic carbocycles. The molecule has 0 spiro atoms. The van der Waals surface area contributed by atoms with Crippen LogP contribution in [0.5, 0.6) is 0 Å². The zero-order chi connectivity index (χ0) is 21.3. The second-order valence-corrected chi connectivity index (χ2v) is 9.11. The first-order valence-electron chi connectivity index (χ1n) is 10.1. The van der Waals surface area contributed by atoms with Crippen molar-refractivity contribution in [2.45, 2.75) is 45.3 Å². The standard InChI is InChI=1S/C21H24N4O3S2/c1-3-13(2)25-20(27)16(30-21(25)29)11-15-18(22-12-14-7-6-10-28-14)23-17-8-4-5-9-24(17)19(15)26/h4-5,8-9,11,13-14,22H,3,6-7,10,12H2,1-2H3/b16-11-/t13-,14-/m0/s1. The van der Waals surface area contributed by atoms with Crippen molar-refractivity contribution in [2.24, 2.45) is 0 Å². The fourth-order valence-corrected chi connectivity index (χ4v) is 5.00. The molecular formula is C21H24N4O3S2. The van der Waals surface area contributed by atoms with E-state index in [1.54, 1.807) is 29.3 Å². The molecule has 9 heteroatoms. The highest BCUT2D eigenvalue weighted by Crippen LogP contribution is 2.34. The predicted molar refractivity (Wildman–Crippen MR) is 124 cm³/mol. The van der Waals surface area contributed by atoms with Gasteiger partial charge in [0, 0.05) is 25.4 Å². The zero-order valence-corrected chi connectivity index (χ0v) is 18.6. The van der Waals surface area contributed by atoms with Crippen LogP contribution >= 0.6 is 24.0 Å². The van der Waals surface area contributed by atoms with Gasteiger partial charge in [-0.25, -0.2) is 4.98 Å². The minimum atomic E-state index is -0.232. The number of carbonyl (C=O) groups is 1. The normalized spacial score (nSPS) is 21.7. The Morgan fingerprint density at radius 1 is 1.43 bits per heavy atom. The molecular weight excluding hydrogens is 420 g/mol. The molecule has 0 saturated carbocycles. The summed E-state index contributed by atoms with van der Waals surface area (Å²) in [4.78, 5) is 32.9. The largest absolute Gasteiger partial charge is 0.376 e. The van der Waals surface area contributed by atoms with E-state index in [2.05, 4.69) is 10.3 Å². The maximum atomic E-state index is 13.2. The number of amides is 1. The Morgan fingerprint density at radius 2 is 2.27 bits per heavy atom. The van der Waals surface area contributed by atoms with Crippen LogP contribution in [0, 0.1) is 0 Å². The highest BCUT2D eigenvalue weighted by molar-refractivity contribution is 8.26. The fraction of sp³-hybridized carbons (Fsp3) is 0.429. The first kappa shape index (κ1) is 21.0. The number of nitrogens with zero attached hydrogens (tertiary/aromatic N) is 3. The second-order valence-electron chi connectivity index (χ2n) is 7.43. The quantitative estimate of drug-likeness (QED) is 0.541. The third-order valence-electron chi connectivity index (χ3n) is 5.42. The summed E-state index contributed by atoms with van der Waals surface area (Å²) in [7, 11) is 0. The second kappa shape index (κ2) is 8.87. The van der Waals surface area contributed by atoms with E-state index in [0.717, 1.165) is 25.9 Å². The summed E-state index contributed by atoms with van der Waals surface area (Å²) < 4.78 is 7.68. The molecule has 2 aliphatic heterocycles. The van der Waals surface area contributed by atoms with Gasteiger partial charge in [-0.2, -0.15) is 0 Å². The number of hydrogen-bond donors (Lipinski definition) is 1. The molecule has 2 aliphatic rings. The summed E-state index contributed by atoms with van der Waals surface area (Å²) in [5.74, 6) is 0.289. The molecule has 2 aromatic heterocycles. The molecule has 1 N–H and O–H groups in total. The third kappa shape index (κ3) is 4.01. The van der Waals surface area contributed by atoms with Crippen LogP contribution in [0.15, 0.2) is 34.1 Å². The van der Waals surface area contributed by atoms with E-state index >= 15 is 0 Å². The minimum absolute atomic E-state index is 0.0105. The van der Waals surface area contributed by atoms with Crippen molar-refractivity contribution in [3.63, 3.8) is 0 Å². The summed E-state index contributed by atoms with van der Waals surface area (Å²) in [6.07, 6.45) is 6.20. The van der Waals surface area contributed by atoms with Gasteiger partial charge < -0.3 is 10.1 Å². The van der Waals surface area contributed by atoms with Gasteiger partial charge in [0.25, 0.3) is 11.5 Å². The molecule has 0 bridgehead atoms. The number of ether oxygens (including phenoxy) is 1. The fourth-order valence-electron chi connectivity index (χ4n) is 3.56. The Kier molecular flexibility index (Phi) is 6.21. The van der Waals surface area contributed by atoms with Crippen molar-refractivity contribution < 1.29 is 9.53 Å². The predicted octanol–water partition coefficient (Wildman–Crippen LogP) is 3.29. The van der Waals surface area contributed by atoms with Crippen LogP contribution in [-0.2, 0) is 9.53 Å². The van der Waals surface area contributed by atoms with E-state index in [1.165, 1.54) is 16.2 Å². The maximum absolute atomic E-state index is 13.2. The molecule has 158 valence electrons. The molecule has 0 aromatic carbocycles. The number of carbonyl (C=O) groups excluding carboxylic acids is 1. The number of anilines is 1. The Morgan fingerprint density at radius 3 is 3.00 bits per heavy atom.